The van der Waals surface area contributed by atoms with Crippen molar-refractivity contribution in [1.82, 2.24) is 13.9 Å². The van der Waals surface area contributed by atoms with Crippen molar-refractivity contribution in [3.63, 3.8) is 0 Å². The maximum atomic E-state index is 12.9. The van der Waals surface area contributed by atoms with Crippen LogP contribution in [0.2, 0.25) is 0 Å². The Bertz CT molecular complexity index is 985. The lowest BCUT2D eigenvalue weighted by atomic mass is 9.74. The van der Waals surface area contributed by atoms with Gasteiger partial charge in [-0.05, 0) is 42.4 Å². The van der Waals surface area contributed by atoms with Crippen LogP contribution in [-0.2, 0) is 16.6 Å². The molecule has 8 heteroatoms. The Kier molecular flexibility index (Phi) is 7.35. The number of hydrogen-bond donors (Lipinski definition) is 1. The number of nitrogens with zero attached hydrogens (tertiary/aromatic N) is 2. The molecular formula is C23H31N3O4S. The third-order valence-corrected chi connectivity index (χ3v) is 7.91. The SMILES string of the molecule is COc1ccccc1C(=O)NCC1(Cc2ccccc2)CCN(S(=O)(=O)N(C)C)CC1. The van der Waals surface area contributed by atoms with Crippen LogP contribution in [0.25, 0.3) is 0 Å². The number of ether oxygens (including phenoxy) is 1. The fourth-order valence-corrected chi connectivity index (χ4v) is 5.17. The van der Waals surface area contributed by atoms with E-state index in [0.717, 1.165) is 6.42 Å². The molecule has 1 aliphatic heterocycles. The minimum atomic E-state index is -3.44. The molecule has 1 heterocycles. The Labute approximate surface area is 185 Å². The van der Waals surface area contributed by atoms with Crippen LogP contribution in [0.1, 0.15) is 28.8 Å². The van der Waals surface area contributed by atoms with Crippen LogP contribution in [0.15, 0.2) is 54.6 Å². The summed E-state index contributed by atoms with van der Waals surface area (Å²) in [5.41, 5.74) is 1.45. The minimum absolute atomic E-state index is 0.187. The predicted molar refractivity (Wildman–Crippen MR) is 121 cm³/mol. The molecule has 1 aliphatic rings. The van der Waals surface area contributed by atoms with Crippen molar-refractivity contribution in [2.75, 3.05) is 40.8 Å². The average molecular weight is 446 g/mol. The maximum absolute atomic E-state index is 12.9. The number of rotatable bonds is 8. The van der Waals surface area contributed by atoms with Crippen molar-refractivity contribution in [1.29, 1.82) is 0 Å². The smallest absolute Gasteiger partial charge is 0.281 e. The van der Waals surface area contributed by atoms with E-state index in [2.05, 4.69) is 17.4 Å². The van der Waals surface area contributed by atoms with Gasteiger partial charge in [-0.2, -0.15) is 17.0 Å². The third-order valence-electron chi connectivity index (χ3n) is 5.97. The van der Waals surface area contributed by atoms with Crippen LogP contribution < -0.4 is 10.1 Å². The quantitative estimate of drug-likeness (QED) is 0.677. The summed E-state index contributed by atoms with van der Waals surface area (Å²) in [4.78, 5) is 12.9. The lowest BCUT2D eigenvalue weighted by Gasteiger charge is -2.42. The Balaban J connectivity index is 1.77. The van der Waals surface area contributed by atoms with Crippen LogP contribution in [0.4, 0.5) is 0 Å². The Morgan fingerprint density at radius 1 is 1.06 bits per heavy atom. The van der Waals surface area contributed by atoms with Gasteiger partial charge in [0.25, 0.3) is 16.1 Å². The zero-order valence-corrected chi connectivity index (χ0v) is 19.2. The molecule has 0 atom stereocenters. The first-order valence-electron chi connectivity index (χ1n) is 10.4. The molecule has 1 fully saturated rings. The second kappa shape index (κ2) is 9.80. The molecule has 0 saturated carbocycles. The first-order valence-corrected chi connectivity index (χ1v) is 11.8. The first-order chi connectivity index (χ1) is 14.8. The van der Waals surface area contributed by atoms with E-state index in [1.54, 1.807) is 33.3 Å². The molecule has 168 valence electrons. The fourth-order valence-electron chi connectivity index (χ4n) is 4.06. The number of hydrogen-bond acceptors (Lipinski definition) is 4. The summed E-state index contributed by atoms with van der Waals surface area (Å²) >= 11 is 0. The lowest BCUT2D eigenvalue weighted by Crippen LogP contribution is -2.51. The second-order valence-corrected chi connectivity index (χ2v) is 10.4. The highest BCUT2D eigenvalue weighted by atomic mass is 32.2. The number of piperidine rings is 1. The van der Waals surface area contributed by atoms with Crippen molar-refractivity contribution < 1.29 is 17.9 Å². The van der Waals surface area contributed by atoms with Gasteiger partial charge in [-0.25, -0.2) is 0 Å². The molecule has 1 N–H and O–H groups in total. The van der Waals surface area contributed by atoms with Crippen molar-refractivity contribution in [2.24, 2.45) is 5.41 Å². The third kappa shape index (κ3) is 5.44. The number of methoxy groups -OCH3 is 1. The molecule has 0 spiro atoms. The van der Waals surface area contributed by atoms with Gasteiger partial charge < -0.3 is 10.1 Å². The molecule has 3 rings (SSSR count). The second-order valence-electron chi connectivity index (χ2n) is 8.23. The molecule has 1 saturated heterocycles. The summed E-state index contributed by atoms with van der Waals surface area (Å²) in [7, 11) is 1.20. The van der Waals surface area contributed by atoms with E-state index in [4.69, 9.17) is 4.74 Å². The van der Waals surface area contributed by atoms with E-state index in [1.807, 2.05) is 30.3 Å². The average Bonchev–Trinajstić information content (AvgIpc) is 2.78. The zero-order chi connectivity index (χ0) is 22.5. The van der Waals surface area contributed by atoms with Crippen molar-refractivity contribution in [3.05, 3.63) is 65.7 Å². The van der Waals surface area contributed by atoms with Crippen molar-refractivity contribution in [3.8, 4) is 5.75 Å². The lowest BCUT2D eigenvalue weighted by molar-refractivity contribution is 0.0888. The molecule has 0 aromatic heterocycles. The number of carbonyl (C=O) groups excluding carboxylic acids is 1. The monoisotopic (exact) mass is 445 g/mol. The van der Waals surface area contributed by atoms with Gasteiger partial charge in [-0.15, -0.1) is 0 Å². The van der Waals surface area contributed by atoms with E-state index >= 15 is 0 Å². The predicted octanol–water partition coefficient (Wildman–Crippen LogP) is 2.56. The molecule has 0 aliphatic carbocycles. The van der Waals surface area contributed by atoms with Crippen LogP contribution in [0.3, 0.4) is 0 Å². The topological polar surface area (TPSA) is 79.0 Å². The molecular weight excluding hydrogens is 414 g/mol. The molecule has 2 aromatic carbocycles. The van der Waals surface area contributed by atoms with E-state index in [9.17, 15) is 13.2 Å². The standard InChI is InChI=1S/C23H31N3O4S/c1-25(2)31(28,29)26-15-13-23(14-16-26,17-19-9-5-4-6-10-19)18-24-22(27)20-11-7-8-12-21(20)30-3/h4-12H,13-18H2,1-3H3,(H,24,27). The van der Waals surface area contributed by atoms with Crippen molar-refractivity contribution in [2.45, 2.75) is 19.3 Å². The number of benzene rings is 2. The largest absolute Gasteiger partial charge is 0.496 e. The normalized spacial score (nSPS) is 16.8. The van der Waals surface area contributed by atoms with Crippen LogP contribution >= 0.6 is 0 Å². The van der Waals surface area contributed by atoms with E-state index < -0.39 is 10.2 Å². The van der Waals surface area contributed by atoms with Crippen LogP contribution in [-0.4, -0.2) is 63.8 Å². The van der Waals surface area contributed by atoms with E-state index in [-0.39, 0.29) is 11.3 Å². The van der Waals surface area contributed by atoms with Gasteiger partial charge in [0.15, 0.2) is 0 Å². The van der Waals surface area contributed by atoms with Gasteiger partial charge in [-0.1, -0.05) is 42.5 Å². The van der Waals surface area contributed by atoms with Gasteiger partial charge in [0, 0.05) is 33.7 Å². The number of amides is 1. The van der Waals surface area contributed by atoms with Crippen molar-refractivity contribution >= 4 is 16.1 Å². The molecule has 31 heavy (non-hydrogen) atoms. The molecule has 0 radical (unpaired) electrons. The number of nitrogens with one attached hydrogen (secondary N) is 1. The highest BCUT2D eigenvalue weighted by Gasteiger charge is 2.39. The fraction of sp³-hybridized carbons (Fsp3) is 0.435. The molecule has 2 aromatic rings. The van der Waals surface area contributed by atoms with Gasteiger partial charge in [0.1, 0.15) is 5.75 Å². The molecule has 0 bridgehead atoms. The molecule has 1 amide bonds. The molecule has 7 nitrogen and oxygen atoms in total. The maximum Gasteiger partial charge on any atom is 0.281 e. The zero-order valence-electron chi connectivity index (χ0n) is 18.4. The van der Waals surface area contributed by atoms with Gasteiger partial charge in [0.2, 0.25) is 0 Å². The van der Waals surface area contributed by atoms with Gasteiger partial charge >= 0.3 is 0 Å². The number of carbonyl (C=O) groups is 1. The summed E-state index contributed by atoms with van der Waals surface area (Å²) in [5.74, 6) is 0.345. The summed E-state index contributed by atoms with van der Waals surface area (Å²) < 4.78 is 33.2. The van der Waals surface area contributed by atoms with Gasteiger partial charge in [-0.3, -0.25) is 4.79 Å². The van der Waals surface area contributed by atoms with E-state index in [1.165, 1.54) is 14.2 Å². The first kappa shape index (κ1) is 23.2. The Morgan fingerprint density at radius 3 is 2.29 bits per heavy atom. The summed E-state index contributed by atoms with van der Waals surface area (Å²) in [6.07, 6.45) is 2.11. The summed E-state index contributed by atoms with van der Waals surface area (Å²) in [6, 6.07) is 17.3. The minimum Gasteiger partial charge on any atom is -0.496 e. The highest BCUT2D eigenvalue weighted by Crippen LogP contribution is 2.36. The number of para-hydroxylation sites is 1. The molecule has 0 unspecified atom stereocenters. The summed E-state index contributed by atoms with van der Waals surface area (Å²) in [6.45, 7) is 1.32. The van der Waals surface area contributed by atoms with Crippen LogP contribution in [0, 0.1) is 5.41 Å². The Hall–Kier alpha value is -2.42. The van der Waals surface area contributed by atoms with E-state index in [0.29, 0.717) is 43.8 Å². The Morgan fingerprint density at radius 2 is 1.68 bits per heavy atom. The highest BCUT2D eigenvalue weighted by molar-refractivity contribution is 7.86. The van der Waals surface area contributed by atoms with Gasteiger partial charge in [0.05, 0.1) is 12.7 Å². The van der Waals surface area contributed by atoms with Crippen LogP contribution in [0.5, 0.6) is 5.75 Å². The summed E-state index contributed by atoms with van der Waals surface area (Å²) in [5, 5.41) is 3.08.